The molecule has 0 bridgehead atoms. The summed E-state index contributed by atoms with van der Waals surface area (Å²) in [5, 5.41) is 0. The van der Waals surface area contributed by atoms with Gasteiger partial charge in [-0.15, -0.1) is 0 Å². The van der Waals surface area contributed by atoms with Crippen LogP contribution in [0.2, 0.25) is 0 Å². The molecule has 0 N–H and O–H groups in total. The van der Waals surface area contributed by atoms with E-state index in [0.29, 0.717) is 5.78 Å². The Morgan fingerprint density at radius 3 is 2.21 bits per heavy atom. The van der Waals surface area contributed by atoms with E-state index in [1.54, 1.807) is 0 Å². The van der Waals surface area contributed by atoms with Gasteiger partial charge in [-0.05, 0) is 38.9 Å². The van der Waals surface area contributed by atoms with E-state index in [-0.39, 0.29) is 5.54 Å². The third kappa shape index (κ3) is 2.74. The molecule has 0 radical (unpaired) electrons. The van der Waals surface area contributed by atoms with E-state index in [2.05, 4.69) is 24.0 Å². The fourth-order valence-corrected chi connectivity index (χ4v) is 3.22. The zero-order chi connectivity index (χ0) is 13.9. The van der Waals surface area contributed by atoms with Gasteiger partial charge in [-0.2, -0.15) is 0 Å². The molecule has 0 saturated heterocycles. The van der Waals surface area contributed by atoms with Crippen LogP contribution in [0.5, 0.6) is 0 Å². The normalized spacial score (nSPS) is 17.9. The van der Waals surface area contributed by atoms with Gasteiger partial charge in [0.1, 0.15) is 0 Å². The van der Waals surface area contributed by atoms with Gasteiger partial charge in [0, 0.05) is 5.56 Å². The molecule has 1 aromatic carbocycles. The Morgan fingerprint density at radius 1 is 1.16 bits per heavy atom. The zero-order valence-electron chi connectivity index (χ0n) is 12.4. The maximum atomic E-state index is 12.8. The van der Waals surface area contributed by atoms with E-state index in [1.165, 1.54) is 5.56 Å². The topological polar surface area (TPSA) is 20.3 Å². The highest BCUT2D eigenvalue weighted by atomic mass is 16.1. The SMILES string of the molecule is CCCc1ccc(C(=O)C2(N(C)C)CCCC2)cc1. The van der Waals surface area contributed by atoms with Crippen LogP contribution < -0.4 is 0 Å². The predicted molar refractivity (Wildman–Crippen MR) is 79.7 cm³/mol. The lowest BCUT2D eigenvalue weighted by Crippen LogP contribution is -2.48. The Hall–Kier alpha value is -1.15. The van der Waals surface area contributed by atoms with Crippen molar-refractivity contribution in [2.45, 2.75) is 51.0 Å². The monoisotopic (exact) mass is 259 g/mol. The van der Waals surface area contributed by atoms with Crippen LogP contribution in [0.25, 0.3) is 0 Å². The van der Waals surface area contributed by atoms with Gasteiger partial charge >= 0.3 is 0 Å². The van der Waals surface area contributed by atoms with Crippen molar-refractivity contribution in [2.24, 2.45) is 0 Å². The number of Topliss-reactive ketones (excluding diaryl/α,β-unsaturated/α-hetero) is 1. The van der Waals surface area contributed by atoms with E-state index in [9.17, 15) is 4.79 Å². The molecule has 1 aliphatic carbocycles. The van der Waals surface area contributed by atoms with Gasteiger partial charge in [0.2, 0.25) is 0 Å². The number of ketones is 1. The molecule has 0 atom stereocenters. The highest BCUT2D eigenvalue weighted by Gasteiger charge is 2.43. The first-order valence-corrected chi connectivity index (χ1v) is 7.41. The minimum absolute atomic E-state index is 0.258. The second-order valence-corrected chi connectivity index (χ2v) is 5.91. The lowest BCUT2D eigenvalue weighted by Gasteiger charge is -2.34. The van der Waals surface area contributed by atoms with Crippen LogP contribution in [0.4, 0.5) is 0 Å². The van der Waals surface area contributed by atoms with Crippen molar-refractivity contribution in [3.05, 3.63) is 35.4 Å². The summed E-state index contributed by atoms with van der Waals surface area (Å²) in [6.45, 7) is 2.18. The summed E-state index contributed by atoms with van der Waals surface area (Å²) >= 11 is 0. The molecule has 0 heterocycles. The number of nitrogens with zero attached hydrogens (tertiary/aromatic N) is 1. The van der Waals surface area contributed by atoms with Gasteiger partial charge in [0.05, 0.1) is 5.54 Å². The fourth-order valence-electron chi connectivity index (χ4n) is 3.22. The van der Waals surface area contributed by atoms with E-state index in [4.69, 9.17) is 0 Å². The molecule has 19 heavy (non-hydrogen) atoms. The first kappa shape index (κ1) is 14.3. The molecule has 0 spiro atoms. The minimum Gasteiger partial charge on any atom is -0.297 e. The van der Waals surface area contributed by atoms with Crippen LogP contribution in [0, 0.1) is 0 Å². The van der Waals surface area contributed by atoms with Crippen molar-refractivity contribution in [2.75, 3.05) is 14.1 Å². The number of aryl methyl sites for hydroxylation is 1. The van der Waals surface area contributed by atoms with Crippen LogP contribution in [-0.4, -0.2) is 30.3 Å². The molecule has 2 nitrogen and oxygen atoms in total. The van der Waals surface area contributed by atoms with Crippen LogP contribution in [0.15, 0.2) is 24.3 Å². The number of hydrogen-bond donors (Lipinski definition) is 0. The summed E-state index contributed by atoms with van der Waals surface area (Å²) in [7, 11) is 4.07. The summed E-state index contributed by atoms with van der Waals surface area (Å²) < 4.78 is 0. The van der Waals surface area contributed by atoms with Crippen molar-refractivity contribution < 1.29 is 4.79 Å². The minimum atomic E-state index is -0.258. The number of likely N-dealkylation sites (N-methyl/N-ethyl adjacent to an activating group) is 1. The molecule has 0 unspecified atom stereocenters. The molecule has 104 valence electrons. The van der Waals surface area contributed by atoms with Gasteiger partial charge in [-0.3, -0.25) is 9.69 Å². The van der Waals surface area contributed by atoms with Crippen LogP contribution in [0.1, 0.15) is 54.9 Å². The van der Waals surface area contributed by atoms with Crippen LogP contribution in [-0.2, 0) is 6.42 Å². The average Bonchev–Trinajstić information content (AvgIpc) is 2.90. The van der Waals surface area contributed by atoms with Crippen LogP contribution >= 0.6 is 0 Å². The van der Waals surface area contributed by atoms with E-state index in [0.717, 1.165) is 44.1 Å². The Bertz CT molecular complexity index is 427. The van der Waals surface area contributed by atoms with Gasteiger partial charge in [0.15, 0.2) is 5.78 Å². The molecular weight excluding hydrogens is 234 g/mol. The van der Waals surface area contributed by atoms with Gasteiger partial charge in [-0.25, -0.2) is 0 Å². The molecule has 0 aliphatic heterocycles. The third-order valence-corrected chi connectivity index (χ3v) is 4.46. The first-order chi connectivity index (χ1) is 9.10. The standard InChI is InChI=1S/C17H25NO/c1-4-7-14-8-10-15(11-9-14)16(19)17(18(2)3)12-5-6-13-17/h8-11H,4-7,12-13H2,1-3H3. The number of carbonyl (C=O) groups is 1. The lowest BCUT2D eigenvalue weighted by atomic mass is 9.86. The molecule has 2 rings (SSSR count). The van der Waals surface area contributed by atoms with E-state index >= 15 is 0 Å². The highest BCUT2D eigenvalue weighted by Crippen LogP contribution is 2.36. The number of carbonyl (C=O) groups excluding carboxylic acids is 1. The molecule has 1 saturated carbocycles. The van der Waals surface area contributed by atoms with Crippen molar-refractivity contribution in [1.29, 1.82) is 0 Å². The second-order valence-electron chi connectivity index (χ2n) is 5.91. The van der Waals surface area contributed by atoms with Crippen molar-refractivity contribution in [3.63, 3.8) is 0 Å². The predicted octanol–water partition coefficient (Wildman–Crippen LogP) is 3.70. The van der Waals surface area contributed by atoms with Gasteiger partial charge in [-0.1, -0.05) is 50.5 Å². The summed E-state index contributed by atoms with van der Waals surface area (Å²) in [6, 6.07) is 8.23. The highest BCUT2D eigenvalue weighted by molar-refractivity contribution is 6.03. The Labute approximate surface area is 116 Å². The molecule has 1 aromatic rings. The van der Waals surface area contributed by atoms with Crippen LogP contribution in [0.3, 0.4) is 0 Å². The van der Waals surface area contributed by atoms with Crippen molar-refractivity contribution in [1.82, 2.24) is 4.90 Å². The van der Waals surface area contributed by atoms with Crippen molar-refractivity contribution in [3.8, 4) is 0 Å². The van der Waals surface area contributed by atoms with E-state index < -0.39 is 0 Å². The van der Waals surface area contributed by atoms with Gasteiger partial charge in [0.25, 0.3) is 0 Å². The van der Waals surface area contributed by atoms with Gasteiger partial charge < -0.3 is 0 Å². The molecule has 1 aliphatic rings. The quantitative estimate of drug-likeness (QED) is 0.752. The smallest absolute Gasteiger partial charge is 0.183 e. The third-order valence-electron chi connectivity index (χ3n) is 4.46. The second kappa shape index (κ2) is 5.87. The largest absolute Gasteiger partial charge is 0.297 e. The lowest BCUT2D eigenvalue weighted by molar-refractivity contribution is 0.0693. The first-order valence-electron chi connectivity index (χ1n) is 7.41. The maximum Gasteiger partial charge on any atom is 0.183 e. The molecular formula is C17H25NO. The van der Waals surface area contributed by atoms with E-state index in [1.807, 2.05) is 26.2 Å². The summed E-state index contributed by atoms with van der Waals surface area (Å²) in [5.74, 6) is 0.304. The Morgan fingerprint density at radius 2 is 1.74 bits per heavy atom. The molecule has 2 heteroatoms. The Kier molecular flexibility index (Phi) is 4.41. The Balaban J connectivity index is 2.22. The van der Waals surface area contributed by atoms with Crippen molar-refractivity contribution >= 4 is 5.78 Å². The number of hydrogen-bond acceptors (Lipinski definition) is 2. The number of rotatable bonds is 5. The molecule has 0 amide bonds. The summed E-state index contributed by atoms with van der Waals surface area (Å²) in [5.41, 5.74) is 1.94. The summed E-state index contributed by atoms with van der Waals surface area (Å²) in [6.07, 6.45) is 6.56. The average molecular weight is 259 g/mol. The molecule has 1 fully saturated rings. The summed E-state index contributed by atoms with van der Waals surface area (Å²) in [4.78, 5) is 15.0. The maximum absolute atomic E-state index is 12.8. The zero-order valence-corrected chi connectivity index (χ0v) is 12.4. The fraction of sp³-hybridized carbons (Fsp3) is 0.588. The molecule has 0 aromatic heterocycles. The number of benzene rings is 1.